The van der Waals surface area contributed by atoms with E-state index in [1.165, 1.54) is 18.4 Å². The maximum Gasteiger partial charge on any atom is 0.137 e. The molecule has 1 heterocycles. The fourth-order valence-corrected chi connectivity index (χ4v) is 3.80. The van der Waals surface area contributed by atoms with E-state index in [4.69, 9.17) is 14.5 Å². The number of aliphatic imine (C=N–C) groups is 1. The minimum absolute atomic E-state index is 0.453. The standard InChI is InChI=1S/C26H42N4O2/c1-9-11-12-13-14-25(30-27-7)20(4)28-22(6)29-26(21(5)31-8)19(3)24(10-2)23-15-17-32-18-16-23/h10,14,23H,4-5,9,11-13,15-18H2,1-3,6-8H3,(H,28,29)/b24-10+,25-14-,26-19+,30-27-. The molecule has 0 bridgehead atoms. The molecule has 0 aliphatic carbocycles. The minimum atomic E-state index is 0.453. The highest BCUT2D eigenvalue weighted by Crippen LogP contribution is 2.32. The van der Waals surface area contributed by atoms with Crippen LogP contribution >= 0.6 is 0 Å². The molecule has 6 heteroatoms. The number of nitrogens with one attached hydrogen (secondary N) is 1. The van der Waals surface area contributed by atoms with Gasteiger partial charge in [-0.15, -0.1) is 0 Å². The zero-order valence-corrected chi connectivity index (χ0v) is 21.0. The van der Waals surface area contributed by atoms with Crippen molar-refractivity contribution in [3.05, 3.63) is 59.3 Å². The summed E-state index contributed by atoms with van der Waals surface area (Å²) in [7, 11) is 3.28. The van der Waals surface area contributed by atoms with Gasteiger partial charge in [-0.05, 0) is 63.5 Å². The molecular formula is C26H42N4O2. The predicted molar refractivity (Wildman–Crippen MR) is 135 cm³/mol. The average Bonchev–Trinajstić information content (AvgIpc) is 2.80. The number of nitrogens with zero attached hydrogens (tertiary/aromatic N) is 3. The van der Waals surface area contributed by atoms with Crippen LogP contribution in [0.1, 0.15) is 66.2 Å². The van der Waals surface area contributed by atoms with E-state index >= 15 is 0 Å². The van der Waals surface area contributed by atoms with Crippen LogP contribution in [0.4, 0.5) is 0 Å². The van der Waals surface area contributed by atoms with Gasteiger partial charge in [-0.25, -0.2) is 4.99 Å². The lowest BCUT2D eigenvalue weighted by atomic mass is 9.86. The van der Waals surface area contributed by atoms with Crippen LogP contribution in [0.25, 0.3) is 0 Å². The quantitative estimate of drug-likeness (QED) is 0.0896. The summed E-state index contributed by atoms with van der Waals surface area (Å²) in [6, 6.07) is 0. The van der Waals surface area contributed by atoms with Crippen LogP contribution in [-0.2, 0) is 9.47 Å². The molecule has 0 aromatic carbocycles. The minimum Gasteiger partial charge on any atom is -0.495 e. The van der Waals surface area contributed by atoms with Gasteiger partial charge in [0.15, 0.2) is 0 Å². The van der Waals surface area contributed by atoms with Crippen LogP contribution in [0.3, 0.4) is 0 Å². The SMILES string of the molecule is C=C(N/C(C)=N/C(C(=C)OC)=C(C)/C(=C\C)C1CCOCC1)C(=C/CCCCC)/N=N\C. The number of azo groups is 1. The zero-order chi connectivity index (χ0) is 23.9. The van der Waals surface area contributed by atoms with Gasteiger partial charge in [0, 0.05) is 20.3 Å². The second-order valence-corrected chi connectivity index (χ2v) is 7.92. The van der Waals surface area contributed by atoms with Crippen molar-refractivity contribution in [3.8, 4) is 0 Å². The summed E-state index contributed by atoms with van der Waals surface area (Å²) in [6.45, 7) is 18.1. The Morgan fingerprint density at radius 3 is 2.44 bits per heavy atom. The molecule has 0 aromatic rings. The van der Waals surface area contributed by atoms with E-state index in [0.29, 0.717) is 23.2 Å². The van der Waals surface area contributed by atoms with Crippen molar-refractivity contribution in [2.45, 2.75) is 66.2 Å². The fraction of sp³-hybridized carbons (Fsp3) is 0.577. The van der Waals surface area contributed by atoms with E-state index in [1.807, 2.05) is 6.92 Å². The largest absolute Gasteiger partial charge is 0.495 e. The second-order valence-electron chi connectivity index (χ2n) is 7.92. The van der Waals surface area contributed by atoms with Gasteiger partial charge in [-0.1, -0.05) is 45.1 Å². The first-order chi connectivity index (χ1) is 15.4. The predicted octanol–water partition coefficient (Wildman–Crippen LogP) is 6.86. The Labute approximate surface area is 195 Å². The van der Waals surface area contributed by atoms with E-state index in [9.17, 15) is 0 Å². The molecule has 178 valence electrons. The fourth-order valence-electron chi connectivity index (χ4n) is 3.80. The lowest BCUT2D eigenvalue weighted by Gasteiger charge is -2.26. The smallest absolute Gasteiger partial charge is 0.137 e. The molecule has 32 heavy (non-hydrogen) atoms. The van der Waals surface area contributed by atoms with Gasteiger partial charge >= 0.3 is 0 Å². The average molecular weight is 443 g/mol. The van der Waals surface area contributed by atoms with Crippen LogP contribution in [-0.4, -0.2) is 33.2 Å². The van der Waals surface area contributed by atoms with E-state index < -0.39 is 0 Å². The maximum atomic E-state index is 5.54. The van der Waals surface area contributed by atoms with Gasteiger partial charge in [-0.3, -0.25) is 0 Å². The Morgan fingerprint density at radius 1 is 1.19 bits per heavy atom. The lowest BCUT2D eigenvalue weighted by molar-refractivity contribution is 0.0762. The van der Waals surface area contributed by atoms with E-state index in [0.717, 1.165) is 55.9 Å². The Bertz CT molecular complexity index is 782. The highest BCUT2D eigenvalue weighted by Gasteiger charge is 2.21. The Kier molecular flexibility index (Phi) is 13.2. The van der Waals surface area contributed by atoms with Crippen molar-refractivity contribution >= 4 is 5.84 Å². The van der Waals surface area contributed by atoms with Gasteiger partial charge < -0.3 is 14.8 Å². The summed E-state index contributed by atoms with van der Waals surface area (Å²) in [6.07, 6.45) is 10.7. The number of ether oxygens (including phenoxy) is 2. The van der Waals surface area contributed by atoms with Crippen LogP contribution in [0.15, 0.2) is 74.5 Å². The molecule has 1 rings (SSSR count). The summed E-state index contributed by atoms with van der Waals surface area (Å²) < 4.78 is 11.0. The molecule has 1 saturated heterocycles. The lowest BCUT2D eigenvalue weighted by Crippen LogP contribution is -2.21. The van der Waals surface area contributed by atoms with Crippen molar-refractivity contribution in [2.24, 2.45) is 21.1 Å². The number of hydrogen-bond acceptors (Lipinski definition) is 5. The van der Waals surface area contributed by atoms with E-state index in [-0.39, 0.29) is 0 Å². The van der Waals surface area contributed by atoms with Gasteiger partial charge in [0.2, 0.25) is 0 Å². The third kappa shape index (κ3) is 8.95. The zero-order valence-electron chi connectivity index (χ0n) is 21.0. The Morgan fingerprint density at radius 2 is 1.88 bits per heavy atom. The second kappa shape index (κ2) is 15.4. The molecule has 0 saturated carbocycles. The first-order valence-corrected chi connectivity index (χ1v) is 11.6. The number of unbranched alkanes of at least 4 members (excludes halogenated alkanes) is 3. The normalized spacial score (nSPS) is 17.4. The summed E-state index contributed by atoms with van der Waals surface area (Å²) in [5.41, 5.74) is 4.48. The monoisotopic (exact) mass is 442 g/mol. The van der Waals surface area contributed by atoms with Crippen molar-refractivity contribution in [3.63, 3.8) is 0 Å². The topological polar surface area (TPSA) is 67.6 Å². The number of allylic oxidation sites excluding steroid dienone is 4. The van der Waals surface area contributed by atoms with Crippen molar-refractivity contribution in [1.82, 2.24) is 5.32 Å². The number of rotatable bonds is 12. The Hall–Kier alpha value is -2.47. The van der Waals surface area contributed by atoms with Crippen LogP contribution < -0.4 is 5.32 Å². The molecule has 1 aliphatic heterocycles. The van der Waals surface area contributed by atoms with Crippen LogP contribution in [0.5, 0.6) is 0 Å². The maximum absolute atomic E-state index is 5.54. The first-order valence-electron chi connectivity index (χ1n) is 11.6. The number of methoxy groups -OCH3 is 1. The highest BCUT2D eigenvalue weighted by molar-refractivity contribution is 5.83. The molecule has 1 N–H and O–H groups in total. The molecule has 0 aromatic heterocycles. The molecule has 1 fully saturated rings. The van der Waals surface area contributed by atoms with Gasteiger partial charge in [-0.2, -0.15) is 10.2 Å². The Balaban J connectivity index is 3.14. The van der Waals surface area contributed by atoms with Crippen LogP contribution in [0.2, 0.25) is 0 Å². The summed E-state index contributed by atoms with van der Waals surface area (Å²) >= 11 is 0. The molecule has 0 radical (unpaired) electrons. The van der Waals surface area contributed by atoms with E-state index in [1.54, 1.807) is 14.2 Å². The molecular weight excluding hydrogens is 400 g/mol. The third-order valence-electron chi connectivity index (χ3n) is 5.54. The van der Waals surface area contributed by atoms with Gasteiger partial charge in [0.05, 0.1) is 12.8 Å². The van der Waals surface area contributed by atoms with Crippen molar-refractivity contribution < 1.29 is 9.47 Å². The van der Waals surface area contributed by atoms with Crippen LogP contribution in [0, 0.1) is 5.92 Å². The van der Waals surface area contributed by atoms with Crippen molar-refractivity contribution in [2.75, 3.05) is 27.4 Å². The van der Waals surface area contributed by atoms with E-state index in [2.05, 4.69) is 61.6 Å². The molecule has 0 amide bonds. The first kappa shape index (κ1) is 27.6. The number of amidine groups is 1. The molecule has 0 spiro atoms. The molecule has 6 nitrogen and oxygen atoms in total. The third-order valence-corrected chi connectivity index (χ3v) is 5.54. The summed E-state index contributed by atoms with van der Waals surface area (Å²) in [5.74, 6) is 1.68. The van der Waals surface area contributed by atoms with Gasteiger partial charge in [0.25, 0.3) is 0 Å². The molecule has 0 atom stereocenters. The van der Waals surface area contributed by atoms with Crippen molar-refractivity contribution in [1.29, 1.82) is 0 Å². The highest BCUT2D eigenvalue weighted by atomic mass is 16.5. The number of hydrogen-bond donors (Lipinski definition) is 1. The summed E-state index contributed by atoms with van der Waals surface area (Å²) in [4.78, 5) is 4.83. The summed E-state index contributed by atoms with van der Waals surface area (Å²) in [5, 5.41) is 11.4. The molecule has 1 aliphatic rings. The van der Waals surface area contributed by atoms with Gasteiger partial charge in [0.1, 0.15) is 23.0 Å². The molecule has 0 unspecified atom stereocenters.